The number of hydrogen-bond acceptors (Lipinski definition) is 4. The van der Waals surface area contributed by atoms with Crippen LogP contribution in [-0.2, 0) is 0 Å². The highest BCUT2D eigenvalue weighted by Crippen LogP contribution is 2.23. The number of carboxylic acid groups (broad SMARTS) is 1. The van der Waals surface area contributed by atoms with E-state index in [1.165, 1.54) is 12.1 Å². The number of thioether (sulfide) groups is 1. The Hall–Kier alpha value is -0.940. The van der Waals surface area contributed by atoms with E-state index in [1.54, 1.807) is 11.8 Å². The summed E-state index contributed by atoms with van der Waals surface area (Å²) in [6.07, 6.45) is 2.95. The van der Waals surface area contributed by atoms with Crippen molar-refractivity contribution in [3.63, 3.8) is 0 Å². The Morgan fingerprint density at radius 3 is 2.78 bits per heavy atom. The monoisotopic (exact) mass is 288 g/mol. The number of aromatic nitrogens is 1. The van der Waals surface area contributed by atoms with Gasteiger partial charge in [-0.2, -0.15) is 11.8 Å². The van der Waals surface area contributed by atoms with Gasteiger partial charge in [0, 0.05) is 18.8 Å². The first-order valence-corrected chi connectivity index (χ1v) is 7.40. The van der Waals surface area contributed by atoms with Crippen LogP contribution in [0.5, 0.6) is 0 Å². The molecule has 4 nitrogen and oxygen atoms in total. The summed E-state index contributed by atoms with van der Waals surface area (Å²) in [6.45, 7) is 2.07. The smallest absolute Gasteiger partial charge is 0.339 e. The lowest BCUT2D eigenvalue weighted by atomic mass is 10.2. The number of rotatable bonds is 6. The number of pyridine rings is 1. The number of hydrogen-bond donors (Lipinski definition) is 1. The van der Waals surface area contributed by atoms with Gasteiger partial charge in [-0.05, 0) is 24.8 Å². The highest BCUT2D eigenvalue weighted by atomic mass is 35.5. The van der Waals surface area contributed by atoms with Crippen LogP contribution in [0.4, 0.5) is 5.82 Å². The van der Waals surface area contributed by atoms with Gasteiger partial charge in [0.15, 0.2) is 0 Å². The zero-order chi connectivity index (χ0) is 13.7. The fraction of sp³-hybridized carbons (Fsp3) is 0.500. The van der Waals surface area contributed by atoms with E-state index in [1.807, 2.05) is 18.2 Å². The molecular formula is C12H17ClN2O2S. The van der Waals surface area contributed by atoms with E-state index in [2.05, 4.69) is 11.9 Å². The van der Waals surface area contributed by atoms with Crippen molar-refractivity contribution in [2.75, 3.05) is 24.0 Å². The maximum Gasteiger partial charge on any atom is 0.339 e. The van der Waals surface area contributed by atoms with Gasteiger partial charge in [0.1, 0.15) is 16.5 Å². The molecule has 0 saturated heterocycles. The topological polar surface area (TPSA) is 53.4 Å². The first kappa shape index (κ1) is 15.1. The zero-order valence-electron chi connectivity index (χ0n) is 10.7. The molecule has 0 saturated carbocycles. The molecule has 0 aliphatic rings. The molecule has 1 aromatic heterocycles. The number of nitrogens with zero attached hydrogens (tertiary/aromatic N) is 2. The van der Waals surface area contributed by atoms with Crippen molar-refractivity contribution >= 4 is 35.1 Å². The number of carbonyl (C=O) groups is 1. The SMILES string of the molecule is CCC(CSC)N(C)c1nc(Cl)ccc1C(=O)O. The van der Waals surface area contributed by atoms with Crippen LogP contribution in [0, 0.1) is 0 Å². The van der Waals surface area contributed by atoms with Gasteiger partial charge in [-0.15, -0.1) is 0 Å². The van der Waals surface area contributed by atoms with Gasteiger partial charge in [0.05, 0.1) is 0 Å². The van der Waals surface area contributed by atoms with Crippen LogP contribution in [0.2, 0.25) is 5.15 Å². The van der Waals surface area contributed by atoms with E-state index in [0.29, 0.717) is 11.0 Å². The molecule has 1 atom stereocenters. The van der Waals surface area contributed by atoms with Crippen molar-refractivity contribution < 1.29 is 9.90 Å². The summed E-state index contributed by atoms with van der Waals surface area (Å²) in [7, 11) is 1.86. The van der Waals surface area contributed by atoms with Crippen LogP contribution in [-0.4, -0.2) is 41.2 Å². The number of aromatic carboxylic acids is 1. The summed E-state index contributed by atoms with van der Waals surface area (Å²) in [5.74, 6) is 0.358. The highest BCUT2D eigenvalue weighted by Gasteiger charge is 2.20. The summed E-state index contributed by atoms with van der Waals surface area (Å²) in [6, 6.07) is 3.23. The molecule has 1 rings (SSSR count). The average Bonchev–Trinajstić information content (AvgIpc) is 2.34. The molecule has 0 bridgehead atoms. The van der Waals surface area contributed by atoms with E-state index >= 15 is 0 Å². The molecule has 1 heterocycles. The van der Waals surface area contributed by atoms with Crippen LogP contribution < -0.4 is 4.90 Å². The van der Waals surface area contributed by atoms with E-state index in [9.17, 15) is 9.90 Å². The third-order valence-electron chi connectivity index (χ3n) is 2.78. The Balaban J connectivity index is 3.13. The molecule has 0 aromatic carbocycles. The Morgan fingerprint density at radius 2 is 2.28 bits per heavy atom. The van der Waals surface area contributed by atoms with Crippen LogP contribution in [0.1, 0.15) is 23.7 Å². The Kier molecular flexibility index (Phi) is 5.75. The second kappa shape index (κ2) is 6.85. The van der Waals surface area contributed by atoms with Crippen LogP contribution in [0.15, 0.2) is 12.1 Å². The lowest BCUT2D eigenvalue weighted by Gasteiger charge is -2.28. The van der Waals surface area contributed by atoms with E-state index in [4.69, 9.17) is 11.6 Å². The maximum absolute atomic E-state index is 11.2. The Labute approximate surface area is 116 Å². The summed E-state index contributed by atoms with van der Waals surface area (Å²) < 4.78 is 0. The predicted octanol–water partition coefficient (Wildman–Crippen LogP) is 3.01. The number of halogens is 1. The molecule has 1 aromatic rings. The number of anilines is 1. The standard InChI is InChI=1S/C12H17ClN2O2S/c1-4-8(7-18-3)15(2)11-9(12(16)17)5-6-10(13)14-11/h5-6,8H,4,7H2,1-3H3,(H,16,17). The second-order valence-corrected chi connectivity index (χ2v) is 5.24. The minimum Gasteiger partial charge on any atom is -0.478 e. The van der Waals surface area contributed by atoms with Gasteiger partial charge in [-0.3, -0.25) is 0 Å². The van der Waals surface area contributed by atoms with Gasteiger partial charge >= 0.3 is 5.97 Å². The first-order valence-electron chi connectivity index (χ1n) is 5.62. The van der Waals surface area contributed by atoms with Crippen molar-refractivity contribution in [2.24, 2.45) is 0 Å². The molecule has 0 aliphatic heterocycles. The van der Waals surface area contributed by atoms with Gasteiger partial charge in [-0.1, -0.05) is 18.5 Å². The molecule has 1 unspecified atom stereocenters. The maximum atomic E-state index is 11.2. The zero-order valence-corrected chi connectivity index (χ0v) is 12.3. The molecule has 0 fully saturated rings. The lowest BCUT2D eigenvalue weighted by molar-refractivity contribution is 0.0697. The van der Waals surface area contributed by atoms with Crippen molar-refractivity contribution in [3.8, 4) is 0 Å². The minimum atomic E-state index is -0.986. The summed E-state index contributed by atoms with van der Waals surface area (Å²) in [5.41, 5.74) is 0.182. The second-order valence-electron chi connectivity index (χ2n) is 3.94. The van der Waals surface area contributed by atoms with Crippen LogP contribution in [0.25, 0.3) is 0 Å². The highest BCUT2D eigenvalue weighted by molar-refractivity contribution is 7.98. The van der Waals surface area contributed by atoms with Crippen LogP contribution >= 0.6 is 23.4 Å². The average molecular weight is 289 g/mol. The number of carboxylic acids is 1. The molecule has 1 N–H and O–H groups in total. The van der Waals surface area contributed by atoms with Crippen LogP contribution in [0.3, 0.4) is 0 Å². The first-order chi connectivity index (χ1) is 8.51. The Bertz CT molecular complexity index is 429. The minimum absolute atomic E-state index is 0.182. The van der Waals surface area contributed by atoms with Crippen molar-refractivity contribution in [1.29, 1.82) is 0 Å². The summed E-state index contributed by atoms with van der Waals surface area (Å²) in [4.78, 5) is 17.2. The third kappa shape index (κ3) is 3.53. The van der Waals surface area contributed by atoms with E-state index in [-0.39, 0.29) is 11.6 Å². The van der Waals surface area contributed by atoms with Crippen molar-refractivity contribution in [2.45, 2.75) is 19.4 Å². The lowest BCUT2D eigenvalue weighted by Crippen LogP contribution is -2.35. The molecule has 0 aliphatic carbocycles. The molecular weight excluding hydrogens is 272 g/mol. The quantitative estimate of drug-likeness (QED) is 0.816. The Morgan fingerprint density at radius 1 is 1.61 bits per heavy atom. The largest absolute Gasteiger partial charge is 0.478 e. The van der Waals surface area contributed by atoms with Gasteiger partial charge in [-0.25, -0.2) is 9.78 Å². The normalized spacial score (nSPS) is 12.2. The predicted molar refractivity (Wildman–Crippen MR) is 77.1 cm³/mol. The third-order valence-corrected chi connectivity index (χ3v) is 3.71. The van der Waals surface area contributed by atoms with E-state index in [0.717, 1.165) is 12.2 Å². The fourth-order valence-electron chi connectivity index (χ4n) is 1.73. The molecule has 18 heavy (non-hydrogen) atoms. The van der Waals surface area contributed by atoms with Gasteiger partial charge in [0.25, 0.3) is 0 Å². The summed E-state index contributed by atoms with van der Waals surface area (Å²) >= 11 is 7.58. The molecule has 0 spiro atoms. The summed E-state index contributed by atoms with van der Waals surface area (Å²) in [5, 5.41) is 9.48. The van der Waals surface area contributed by atoms with Crippen molar-refractivity contribution in [1.82, 2.24) is 4.98 Å². The molecule has 100 valence electrons. The van der Waals surface area contributed by atoms with Gasteiger partial charge in [0.2, 0.25) is 0 Å². The molecule has 0 radical (unpaired) electrons. The fourth-order valence-corrected chi connectivity index (χ4v) is 2.72. The van der Waals surface area contributed by atoms with E-state index < -0.39 is 5.97 Å². The molecule has 0 amide bonds. The van der Waals surface area contributed by atoms with Crippen molar-refractivity contribution in [3.05, 3.63) is 22.8 Å². The van der Waals surface area contributed by atoms with Gasteiger partial charge < -0.3 is 10.0 Å². The molecule has 6 heteroatoms.